The minimum Gasteiger partial charge on any atom is -0.490 e. The van der Waals surface area contributed by atoms with Crippen LogP contribution >= 0.6 is 0 Å². The fourth-order valence-electron chi connectivity index (χ4n) is 7.33. The van der Waals surface area contributed by atoms with Crippen molar-refractivity contribution in [2.45, 2.75) is 71.0 Å². The van der Waals surface area contributed by atoms with E-state index in [-0.39, 0.29) is 37.7 Å². The van der Waals surface area contributed by atoms with Gasteiger partial charge in [-0.2, -0.15) is 0 Å². The van der Waals surface area contributed by atoms with Crippen LogP contribution in [0.25, 0.3) is 0 Å². The zero-order valence-corrected chi connectivity index (χ0v) is 33.6. The number of hydrogen-bond acceptors (Lipinski definition) is 12. The molecule has 0 spiro atoms. The zero-order chi connectivity index (χ0) is 41.7. The molecule has 0 aliphatic carbocycles. The van der Waals surface area contributed by atoms with E-state index in [4.69, 9.17) is 23.7 Å². The highest BCUT2D eigenvalue weighted by atomic mass is 16.9. The number of carboxylic acid groups (broad SMARTS) is 1. The van der Waals surface area contributed by atoms with E-state index in [9.17, 15) is 29.6 Å². The minimum absolute atomic E-state index is 0.0624. The summed E-state index contributed by atoms with van der Waals surface area (Å²) in [6, 6.07) is 19.3. The fourth-order valence-corrected chi connectivity index (χ4v) is 7.33. The second-order valence-corrected chi connectivity index (χ2v) is 15.1. The van der Waals surface area contributed by atoms with Crippen molar-refractivity contribution in [1.29, 1.82) is 0 Å². The van der Waals surface area contributed by atoms with Crippen molar-refractivity contribution in [1.82, 2.24) is 10.2 Å². The van der Waals surface area contributed by atoms with E-state index in [1.54, 1.807) is 28.1 Å². The molecule has 5 rings (SSSR count). The van der Waals surface area contributed by atoms with Crippen molar-refractivity contribution in [3.05, 3.63) is 105 Å². The number of hydrogen-bond donors (Lipinski definition) is 2. The first-order chi connectivity index (χ1) is 27.9. The Kier molecular flexibility index (Phi) is 15.8. The molecular weight excluding hydrogens is 752 g/mol. The van der Waals surface area contributed by atoms with Crippen LogP contribution in [0.2, 0.25) is 0 Å². The standard InChI is InChI=1S/C42H54N4O12/c1-42(2,40(48)43-39(47)33-13-8-30(9-14-33)28-58-46(51)52)24-34-23-35(32-11-6-29(7-12-32)26-55-21-20-54-4)38(25-45(34)41(49)50)57-27-31-10-15-37-36(22-31)44(17-19-56-37)16-5-18-53-3/h6-15,22,34-35,38H,5,16-21,23-28H2,1-4H3,(H,49,50)(H,43,47,48)/t34-,35-,38+/m1/s1. The minimum atomic E-state index is -1.16. The van der Waals surface area contributed by atoms with Gasteiger partial charge in [0.25, 0.3) is 11.0 Å². The Bertz CT molecular complexity index is 1840. The van der Waals surface area contributed by atoms with Crippen LogP contribution in [0.1, 0.15) is 71.6 Å². The molecule has 2 N–H and O–H groups in total. The van der Waals surface area contributed by atoms with Gasteiger partial charge in [0, 0.05) is 50.3 Å². The number of likely N-dealkylation sites (tertiary alicyclic amines) is 1. The highest BCUT2D eigenvalue weighted by Gasteiger charge is 2.43. The Balaban J connectivity index is 1.32. The summed E-state index contributed by atoms with van der Waals surface area (Å²) in [4.78, 5) is 58.1. The van der Waals surface area contributed by atoms with Gasteiger partial charge in [-0.1, -0.05) is 56.3 Å². The number of anilines is 1. The van der Waals surface area contributed by atoms with Gasteiger partial charge >= 0.3 is 6.09 Å². The maximum absolute atomic E-state index is 13.6. The maximum atomic E-state index is 13.6. The van der Waals surface area contributed by atoms with Crippen LogP contribution in [-0.2, 0) is 48.4 Å². The second kappa shape index (κ2) is 20.9. The van der Waals surface area contributed by atoms with Gasteiger partial charge in [-0.25, -0.2) is 4.79 Å². The molecule has 1 fully saturated rings. The van der Waals surface area contributed by atoms with Crippen molar-refractivity contribution in [3.8, 4) is 5.75 Å². The van der Waals surface area contributed by atoms with Gasteiger partial charge in [0.2, 0.25) is 5.91 Å². The Morgan fingerprint density at radius 3 is 2.31 bits per heavy atom. The zero-order valence-electron chi connectivity index (χ0n) is 33.6. The number of carbonyl (C=O) groups excluding carboxylic acids is 2. The molecule has 0 radical (unpaired) electrons. The van der Waals surface area contributed by atoms with Crippen molar-refractivity contribution in [3.63, 3.8) is 0 Å². The third kappa shape index (κ3) is 12.1. The van der Waals surface area contributed by atoms with Gasteiger partial charge in [0.1, 0.15) is 19.0 Å². The molecule has 2 aliphatic heterocycles. The van der Waals surface area contributed by atoms with Crippen molar-refractivity contribution >= 4 is 23.6 Å². The second-order valence-electron chi connectivity index (χ2n) is 15.1. The normalized spacial score (nSPS) is 17.9. The Labute approximate surface area is 338 Å². The monoisotopic (exact) mass is 806 g/mol. The van der Waals surface area contributed by atoms with Crippen LogP contribution in [0.4, 0.5) is 10.5 Å². The maximum Gasteiger partial charge on any atom is 0.407 e. The predicted molar refractivity (Wildman–Crippen MR) is 212 cm³/mol. The number of piperidine rings is 1. The van der Waals surface area contributed by atoms with E-state index in [1.165, 1.54) is 29.2 Å². The number of nitrogens with one attached hydrogen (secondary N) is 1. The summed E-state index contributed by atoms with van der Waals surface area (Å²) in [5.41, 5.74) is 3.35. The average Bonchev–Trinajstić information content (AvgIpc) is 3.21. The number of benzene rings is 3. The SMILES string of the molecule is COCCCN1CCOc2ccc(CO[C@H]3CN(C(=O)O)[C@@H](CC(C)(C)C(=O)NC(=O)c4ccc(CO[N+](=O)[O-])cc4)C[C@@H]3c3ccc(COCCOC)cc3)cc21. The first-order valence-corrected chi connectivity index (χ1v) is 19.4. The van der Waals surface area contributed by atoms with E-state index >= 15 is 0 Å². The lowest BCUT2D eigenvalue weighted by atomic mass is 9.76. The molecule has 58 heavy (non-hydrogen) atoms. The topological polar surface area (TPSA) is 188 Å². The molecule has 3 aromatic carbocycles. The summed E-state index contributed by atoms with van der Waals surface area (Å²) < 4.78 is 28.6. The predicted octanol–water partition coefficient (Wildman–Crippen LogP) is 5.59. The molecule has 3 amide bonds. The van der Waals surface area contributed by atoms with Crippen LogP contribution in [0.3, 0.4) is 0 Å². The number of nitrogens with zero attached hydrogens (tertiary/aromatic N) is 3. The van der Waals surface area contributed by atoms with Crippen molar-refractivity contribution in [2.75, 3.05) is 65.2 Å². The van der Waals surface area contributed by atoms with Gasteiger partial charge < -0.3 is 43.4 Å². The Morgan fingerprint density at radius 1 is 0.931 bits per heavy atom. The van der Waals surface area contributed by atoms with Gasteiger partial charge in [-0.3, -0.25) is 14.9 Å². The number of amides is 3. The Morgan fingerprint density at radius 2 is 1.62 bits per heavy atom. The van der Waals surface area contributed by atoms with E-state index in [2.05, 4.69) is 21.1 Å². The highest BCUT2D eigenvalue weighted by molar-refractivity contribution is 6.06. The molecule has 0 unspecified atom stereocenters. The summed E-state index contributed by atoms with van der Waals surface area (Å²) in [6.45, 7) is 7.58. The first kappa shape index (κ1) is 43.8. The van der Waals surface area contributed by atoms with E-state index in [1.807, 2.05) is 36.4 Å². The molecule has 16 nitrogen and oxygen atoms in total. The summed E-state index contributed by atoms with van der Waals surface area (Å²) in [6.07, 6.45) is -0.276. The lowest BCUT2D eigenvalue weighted by molar-refractivity contribution is -0.763. The molecule has 0 bridgehead atoms. The van der Waals surface area contributed by atoms with Gasteiger partial charge in [0.05, 0.1) is 51.3 Å². The highest BCUT2D eigenvalue weighted by Crippen LogP contribution is 2.40. The number of imide groups is 1. The third-order valence-corrected chi connectivity index (χ3v) is 10.5. The molecule has 1 saturated heterocycles. The number of fused-ring (bicyclic) bond motifs is 1. The van der Waals surface area contributed by atoms with Gasteiger partial charge in [-0.05, 0) is 65.8 Å². The average molecular weight is 807 g/mol. The third-order valence-electron chi connectivity index (χ3n) is 10.5. The summed E-state index contributed by atoms with van der Waals surface area (Å²) in [5.74, 6) is -0.637. The lowest BCUT2D eigenvalue weighted by Crippen LogP contribution is -2.54. The lowest BCUT2D eigenvalue weighted by Gasteiger charge is -2.45. The molecule has 2 aliphatic rings. The fraction of sp³-hybridized carbons (Fsp3) is 0.500. The van der Waals surface area contributed by atoms with Crippen molar-refractivity contribution < 1.29 is 53.1 Å². The molecule has 0 aromatic heterocycles. The molecule has 314 valence electrons. The smallest absolute Gasteiger partial charge is 0.407 e. The van der Waals surface area contributed by atoms with Gasteiger partial charge in [0.15, 0.2) is 0 Å². The molecule has 2 heterocycles. The number of methoxy groups -OCH3 is 2. The summed E-state index contributed by atoms with van der Waals surface area (Å²) in [7, 11) is 3.31. The summed E-state index contributed by atoms with van der Waals surface area (Å²) >= 11 is 0. The first-order valence-electron chi connectivity index (χ1n) is 19.4. The van der Waals surface area contributed by atoms with Crippen LogP contribution in [-0.4, -0.2) is 105 Å². The molecular formula is C42H54N4O12. The molecule has 16 heteroatoms. The van der Waals surface area contributed by atoms with E-state index < -0.39 is 40.6 Å². The molecule has 3 aromatic rings. The molecule has 0 saturated carbocycles. The number of rotatable bonds is 20. The largest absolute Gasteiger partial charge is 0.490 e. The van der Waals surface area contributed by atoms with Crippen LogP contribution < -0.4 is 15.0 Å². The van der Waals surface area contributed by atoms with Crippen LogP contribution in [0, 0.1) is 15.5 Å². The quantitative estimate of drug-likeness (QED) is 0.0818. The Hall–Kier alpha value is -5.29. The van der Waals surface area contributed by atoms with Crippen LogP contribution in [0.15, 0.2) is 66.7 Å². The summed E-state index contributed by atoms with van der Waals surface area (Å²) in [5, 5.41) is 22.6. The van der Waals surface area contributed by atoms with Gasteiger partial charge in [-0.15, -0.1) is 10.1 Å². The van der Waals surface area contributed by atoms with Crippen LogP contribution in [0.5, 0.6) is 5.75 Å². The van der Waals surface area contributed by atoms with E-state index in [0.29, 0.717) is 45.0 Å². The number of ether oxygens (including phenoxy) is 5. The number of carbonyl (C=O) groups is 3. The molecule has 3 atom stereocenters. The van der Waals surface area contributed by atoms with E-state index in [0.717, 1.165) is 47.6 Å². The van der Waals surface area contributed by atoms with Crippen molar-refractivity contribution in [2.24, 2.45) is 5.41 Å².